The molecular formula is C19H26N4O2. The Balaban J connectivity index is 1.86. The number of carbonyl (C=O) groups is 1. The molecule has 1 unspecified atom stereocenters. The second-order valence-electron chi connectivity index (χ2n) is 7.54. The Kier molecular flexibility index (Phi) is 5.06. The third kappa shape index (κ3) is 4.18. The summed E-state index contributed by atoms with van der Waals surface area (Å²) in [6.07, 6.45) is 3.52. The van der Waals surface area contributed by atoms with Gasteiger partial charge in [-0.15, -0.1) is 5.10 Å². The minimum Gasteiger partial charge on any atom is -0.405 e. The number of anilines is 1. The van der Waals surface area contributed by atoms with Crippen molar-refractivity contribution in [1.82, 2.24) is 15.5 Å². The molecule has 1 aliphatic rings. The molecule has 1 N–H and O–H groups in total. The number of nitrogens with one attached hydrogen (secondary N) is 1. The molecule has 1 aromatic carbocycles. The lowest BCUT2D eigenvalue weighted by molar-refractivity contribution is -0.129. The third-order valence-electron chi connectivity index (χ3n) is 4.39. The van der Waals surface area contributed by atoms with E-state index in [1.54, 1.807) is 0 Å². The van der Waals surface area contributed by atoms with Gasteiger partial charge in [-0.1, -0.05) is 56.2 Å². The Morgan fingerprint density at radius 2 is 1.80 bits per heavy atom. The van der Waals surface area contributed by atoms with Crippen LogP contribution in [0.3, 0.4) is 0 Å². The van der Waals surface area contributed by atoms with E-state index in [0.717, 1.165) is 31.5 Å². The van der Waals surface area contributed by atoms with Crippen molar-refractivity contribution in [3.05, 3.63) is 41.8 Å². The number of benzene rings is 1. The summed E-state index contributed by atoms with van der Waals surface area (Å²) in [7, 11) is 0. The fourth-order valence-corrected chi connectivity index (χ4v) is 2.84. The summed E-state index contributed by atoms with van der Waals surface area (Å²) in [5, 5.41) is 11.5. The molecule has 25 heavy (non-hydrogen) atoms. The van der Waals surface area contributed by atoms with Gasteiger partial charge in [-0.2, -0.15) is 0 Å². The zero-order chi connectivity index (χ0) is 17.9. The summed E-state index contributed by atoms with van der Waals surface area (Å²) >= 11 is 0. The van der Waals surface area contributed by atoms with E-state index in [9.17, 15) is 4.79 Å². The van der Waals surface area contributed by atoms with E-state index in [4.69, 9.17) is 4.42 Å². The van der Waals surface area contributed by atoms with Crippen LogP contribution in [0.1, 0.15) is 57.5 Å². The predicted molar refractivity (Wildman–Crippen MR) is 96.2 cm³/mol. The van der Waals surface area contributed by atoms with Crippen LogP contribution in [-0.4, -0.2) is 29.2 Å². The molecule has 1 atom stereocenters. The molecular weight excluding hydrogens is 316 g/mol. The van der Waals surface area contributed by atoms with E-state index < -0.39 is 11.5 Å². The van der Waals surface area contributed by atoms with Gasteiger partial charge in [0, 0.05) is 18.5 Å². The monoisotopic (exact) mass is 342 g/mol. The van der Waals surface area contributed by atoms with Crippen molar-refractivity contribution in [2.75, 3.05) is 18.0 Å². The Labute approximate surface area is 148 Å². The van der Waals surface area contributed by atoms with E-state index in [-0.39, 0.29) is 5.91 Å². The van der Waals surface area contributed by atoms with Crippen LogP contribution >= 0.6 is 0 Å². The maximum absolute atomic E-state index is 12.5. The van der Waals surface area contributed by atoms with Crippen molar-refractivity contribution in [3.8, 4) is 0 Å². The largest absolute Gasteiger partial charge is 0.405 e. The van der Waals surface area contributed by atoms with Crippen molar-refractivity contribution in [3.63, 3.8) is 0 Å². The first-order chi connectivity index (χ1) is 11.9. The molecule has 1 amide bonds. The van der Waals surface area contributed by atoms with Crippen molar-refractivity contribution in [2.24, 2.45) is 5.41 Å². The molecule has 6 nitrogen and oxygen atoms in total. The summed E-state index contributed by atoms with van der Waals surface area (Å²) in [5.41, 5.74) is 0.428. The average molecular weight is 342 g/mol. The SMILES string of the molecule is CC(C)(C)C(=O)NC(c1ccccc1)c1nnc(N2CCCCC2)o1. The number of nitrogens with zero attached hydrogens (tertiary/aromatic N) is 3. The van der Waals surface area contributed by atoms with Crippen molar-refractivity contribution < 1.29 is 9.21 Å². The van der Waals surface area contributed by atoms with Gasteiger partial charge in [0.2, 0.25) is 11.8 Å². The number of aromatic nitrogens is 2. The van der Waals surface area contributed by atoms with E-state index in [1.807, 2.05) is 51.1 Å². The molecule has 2 heterocycles. The fraction of sp³-hybridized carbons (Fsp3) is 0.526. The summed E-state index contributed by atoms with van der Waals surface area (Å²) in [6, 6.07) is 9.83. The van der Waals surface area contributed by atoms with Crippen molar-refractivity contribution in [2.45, 2.75) is 46.1 Å². The molecule has 3 rings (SSSR count). The highest BCUT2D eigenvalue weighted by Gasteiger charge is 2.29. The van der Waals surface area contributed by atoms with E-state index in [2.05, 4.69) is 20.4 Å². The highest BCUT2D eigenvalue weighted by molar-refractivity contribution is 5.82. The van der Waals surface area contributed by atoms with Crippen LogP contribution in [0.5, 0.6) is 0 Å². The first-order valence-electron chi connectivity index (χ1n) is 8.89. The summed E-state index contributed by atoms with van der Waals surface area (Å²) in [5.74, 6) is 0.364. The predicted octanol–water partition coefficient (Wildman–Crippen LogP) is 3.31. The maximum atomic E-state index is 12.5. The van der Waals surface area contributed by atoms with Gasteiger partial charge in [0.1, 0.15) is 6.04 Å². The van der Waals surface area contributed by atoms with Crippen LogP contribution in [-0.2, 0) is 4.79 Å². The van der Waals surface area contributed by atoms with Crippen molar-refractivity contribution in [1.29, 1.82) is 0 Å². The number of piperidine rings is 1. The topological polar surface area (TPSA) is 71.3 Å². The molecule has 1 fully saturated rings. The van der Waals surface area contributed by atoms with Crippen LogP contribution in [0.4, 0.5) is 6.01 Å². The molecule has 0 spiro atoms. The van der Waals surface area contributed by atoms with Gasteiger partial charge in [-0.05, 0) is 24.8 Å². The van der Waals surface area contributed by atoms with Crippen molar-refractivity contribution >= 4 is 11.9 Å². The van der Waals surface area contributed by atoms with E-state index in [1.165, 1.54) is 6.42 Å². The van der Waals surface area contributed by atoms with E-state index >= 15 is 0 Å². The van der Waals surface area contributed by atoms with Gasteiger partial charge < -0.3 is 14.6 Å². The van der Waals surface area contributed by atoms with E-state index in [0.29, 0.717) is 11.9 Å². The first kappa shape index (κ1) is 17.5. The molecule has 134 valence electrons. The van der Waals surface area contributed by atoms with Gasteiger partial charge in [0.15, 0.2) is 0 Å². The highest BCUT2D eigenvalue weighted by Crippen LogP contribution is 2.26. The lowest BCUT2D eigenvalue weighted by Crippen LogP contribution is -2.38. The summed E-state index contributed by atoms with van der Waals surface area (Å²) < 4.78 is 5.94. The quantitative estimate of drug-likeness (QED) is 0.923. The Bertz CT molecular complexity index is 700. The van der Waals surface area contributed by atoms with Crippen LogP contribution in [0.2, 0.25) is 0 Å². The Morgan fingerprint density at radius 1 is 1.12 bits per heavy atom. The molecule has 0 saturated carbocycles. The zero-order valence-electron chi connectivity index (χ0n) is 15.2. The first-order valence-corrected chi connectivity index (χ1v) is 8.89. The molecule has 1 aromatic heterocycles. The lowest BCUT2D eigenvalue weighted by atomic mass is 9.94. The molecule has 2 aromatic rings. The Morgan fingerprint density at radius 3 is 2.44 bits per heavy atom. The summed E-state index contributed by atoms with van der Waals surface area (Å²) in [4.78, 5) is 14.6. The highest BCUT2D eigenvalue weighted by atomic mass is 16.4. The Hall–Kier alpha value is -2.37. The molecule has 0 radical (unpaired) electrons. The standard InChI is InChI=1S/C19H26N4O2/c1-19(2,3)17(24)20-15(14-10-6-4-7-11-14)16-21-22-18(25-16)23-12-8-5-9-13-23/h4,6-7,10-11,15H,5,8-9,12-13H2,1-3H3,(H,20,24). The van der Waals surface area contributed by atoms with Gasteiger partial charge in [-0.25, -0.2) is 0 Å². The number of carbonyl (C=O) groups excluding carboxylic acids is 1. The number of amides is 1. The van der Waals surface area contributed by atoms with Crippen LogP contribution < -0.4 is 10.2 Å². The lowest BCUT2D eigenvalue weighted by Gasteiger charge is -2.24. The fourth-order valence-electron chi connectivity index (χ4n) is 2.84. The average Bonchev–Trinajstić information content (AvgIpc) is 3.10. The minimum absolute atomic E-state index is 0.0564. The number of rotatable bonds is 4. The molecule has 6 heteroatoms. The summed E-state index contributed by atoms with van der Waals surface area (Å²) in [6.45, 7) is 7.53. The van der Waals surface area contributed by atoms with Gasteiger partial charge in [0.05, 0.1) is 0 Å². The van der Waals surface area contributed by atoms with Gasteiger partial charge in [-0.3, -0.25) is 4.79 Å². The second kappa shape index (κ2) is 7.25. The number of hydrogen-bond acceptors (Lipinski definition) is 5. The molecule has 1 aliphatic heterocycles. The normalized spacial score (nSPS) is 16.5. The number of hydrogen-bond donors (Lipinski definition) is 1. The zero-order valence-corrected chi connectivity index (χ0v) is 15.2. The van der Waals surface area contributed by atoms with Crippen LogP contribution in [0.15, 0.2) is 34.7 Å². The molecule has 1 saturated heterocycles. The van der Waals surface area contributed by atoms with Gasteiger partial charge in [0.25, 0.3) is 0 Å². The van der Waals surface area contributed by atoms with Crippen LogP contribution in [0, 0.1) is 5.41 Å². The molecule has 0 bridgehead atoms. The third-order valence-corrected chi connectivity index (χ3v) is 4.39. The smallest absolute Gasteiger partial charge is 0.318 e. The second-order valence-corrected chi connectivity index (χ2v) is 7.54. The maximum Gasteiger partial charge on any atom is 0.318 e. The minimum atomic E-state index is -0.497. The van der Waals surface area contributed by atoms with Crippen LogP contribution in [0.25, 0.3) is 0 Å². The molecule has 0 aliphatic carbocycles. The van der Waals surface area contributed by atoms with Gasteiger partial charge >= 0.3 is 6.01 Å².